The summed E-state index contributed by atoms with van der Waals surface area (Å²) in [6.45, 7) is 9.70. The van der Waals surface area contributed by atoms with Gasteiger partial charge in [0.05, 0.1) is 12.3 Å². The largest absolute Gasteiger partial charge is 0.383 e. The molecule has 0 amide bonds. The number of hydrogen-bond acceptors (Lipinski definition) is 5. The molecule has 0 aliphatic carbocycles. The Hall–Kier alpha value is -1.76. The van der Waals surface area contributed by atoms with Crippen molar-refractivity contribution in [3.8, 4) is 0 Å². The summed E-state index contributed by atoms with van der Waals surface area (Å²) in [5.74, 6) is 0. The van der Waals surface area contributed by atoms with E-state index in [-0.39, 0.29) is 5.56 Å². The zero-order chi connectivity index (χ0) is 17.1. The molecule has 0 aromatic carbocycles. The minimum Gasteiger partial charge on any atom is -0.383 e. The van der Waals surface area contributed by atoms with E-state index in [4.69, 9.17) is 9.72 Å². The van der Waals surface area contributed by atoms with Crippen molar-refractivity contribution in [3.05, 3.63) is 46.0 Å². The molecule has 3 heterocycles. The smallest absolute Gasteiger partial charge is 0.258 e. The molecule has 3 rings (SSSR count). The molecule has 1 atom stereocenters. The molecular weight excluding hydrogens is 304 g/mol. The summed E-state index contributed by atoms with van der Waals surface area (Å²) in [7, 11) is 1.74. The van der Waals surface area contributed by atoms with Crippen LogP contribution < -0.4 is 5.56 Å². The normalized spacial score (nSPS) is 19.9. The average molecular weight is 330 g/mol. The lowest BCUT2D eigenvalue weighted by Gasteiger charge is -2.39. The molecular formula is C18H26N4O2. The zero-order valence-corrected chi connectivity index (χ0v) is 14.7. The summed E-state index contributed by atoms with van der Waals surface area (Å²) < 4.78 is 6.79. The van der Waals surface area contributed by atoms with Crippen LogP contribution in [0.5, 0.6) is 0 Å². The average Bonchev–Trinajstić information content (AvgIpc) is 2.55. The van der Waals surface area contributed by atoms with Crippen molar-refractivity contribution in [2.45, 2.75) is 26.4 Å². The second kappa shape index (κ2) is 7.42. The summed E-state index contributed by atoms with van der Waals surface area (Å²) in [6.07, 6.45) is 1.78. The van der Waals surface area contributed by atoms with Gasteiger partial charge >= 0.3 is 0 Å². The molecule has 0 N–H and O–H groups in total. The van der Waals surface area contributed by atoms with Crippen LogP contribution in [0.1, 0.15) is 18.2 Å². The fraction of sp³-hybridized carbons (Fsp3) is 0.556. The standard InChI is InChI=1S/C18H26N4O2/c1-14-5-4-6-22-17(23)11-16(19-18(14)22)13-20-7-8-21(9-10-24-3)15(2)12-20/h4-6,11,15H,7-10,12-13H2,1-3H3/t15-/m0/s1. The summed E-state index contributed by atoms with van der Waals surface area (Å²) in [6, 6.07) is 6.01. The molecule has 0 unspecified atom stereocenters. The lowest BCUT2D eigenvalue weighted by Crippen LogP contribution is -2.52. The van der Waals surface area contributed by atoms with Crippen molar-refractivity contribution in [2.24, 2.45) is 0 Å². The molecule has 2 aromatic rings. The molecule has 0 bridgehead atoms. The van der Waals surface area contributed by atoms with E-state index >= 15 is 0 Å². The third-order valence-corrected chi connectivity index (χ3v) is 4.76. The van der Waals surface area contributed by atoms with Crippen molar-refractivity contribution in [1.82, 2.24) is 19.2 Å². The molecule has 2 aromatic heterocycles. The van der Waals surface area contributed by atoms with Gasteiger partial charge in [-0.3, -0.25) is 19.0 Å². The first-order valence-corrected chi connectivity index (χ1v) is 8.51. The molecule has 1 saturated heterocycles. The van der Waals surface area contributed by atoms with E-state index < -0.39 is 0 Å². The second-order valence-electron chi connectivity index (χ2n) is 6.58. The number of nitrogens with zero attached hydrogens (tertiary/aromatic N) is 4. The van der Waals surface area contributed by atoms with E-state index in [0.717, 1.165) is 56.2 Å². The van der Waals surface area contributed by atoms with Gasteiger partial charge in [0, 0.05) is 58.1 Å². The van der Waals surface area contributed by atoms with Crippen molar-refractivity contribution >= 4 is 5.65 Å². The van der Waals surface area contributed by atoms with Crippen molar-refractivity contribution < 1.29 is 4.74 Å². The first-order chi connectivity index (χ1) is 11.6. The lowest BCUT2D eigenvalue weighted by molar-refractivity contribution is 0.0552. The molecule has 0 spiro atoms. The molecule has 6 heteroatoms. The van der Waals surface area contributed by atoms with Crippen LogP contribution in [-0.2, 0) is 11.3 Å². The maximum atomic E-state index is 12.3. The highest BCUT2D eigenvalue weighted by atomic mass is 16.5. The minimum absolute atomic E-state index is 0.00882. The van der Waals surface area contributed by atoms with E-state index in [1.54, 1.807) is 23.8 Å². The van der Waals surface area contributed by atoms with Crippen LogP contribution in [0.2, 0.25) is 0 Å². The third-order valence-electron chi connectivity index (χ3n) is 4.76. The van der Waals surface area contributed by atoms with Crippen molar-refractivity contribution in [3.63, 3.8) is 0 Å². The van der Waals surface area contributed by atoms with Crippen molar-refractivity contribution in [2.75, 3.05) is 39.9 Å². The van der Waals surface area contributed by atoms with Gasteiger partial charge in [0.15, 0.2) is 0 Å². The number of rotatable bonds is 5. The predicted octanol–water partition coefficient (Wildman–Crippen LogP) is 1.16. The monoisotopic (exact) mass is 330 g/mol. The summed E-state index contributed by atoms with van der Waals surface area (Å²) in [5.41, 5.74) is 2.62. The topological polar surface area (TPSA) is 50.1 Å². The molecule has 1 aliphatic heterocycles. The van der Waals surface area contributed by atoms with Crippen LogP contribution in [-0.4, -0.2) is 65.1 Å². The predicted molar refractivity (Wildman–Crippen MR) is 94.4 cm³/mol. The molecule has 0 radical (unpaired) electrons. The number of fused-ring (bicyclic) bond motifs is 1. The van der Waals surface area contributed by atoms with Gasteiger partial charge in [-0.1, -0.05) is 6.07 Å². The maximum absolute atomic E-state index is 12.3. The highest BCUT2D eigenvalue weighted by Gasteiger charge is 2.23. The van der Waals surface area contributed by atoms with Gasteiger partial charge < -0.3 is 4.74 Å². The minimum atomic E-state index is -0.00882. The van der Waals surface area contributed by atoms with Crippen LogP contribution in [0.15, 0.2) is 29.2 Å². The highest BCUT2D eigenvalue weighted by Crippen LogP contribution is 2.13. The van der Waals surface area contributed by atoms with Gasteiger partial charge in [0.1, 0.15) is 5.65 Å². The lowest BCUT2D eigenvalue weighted by atomic mass is 10.2. The Morgan fingerprint density at radius 2 is 2.21 bits per heavy atom. The van der Waals surface area contributed by atoms with Crippen LogP contribution in [0.25, 0.3) is 5.65 Å². The van der Waals surface area contributed by atoms with E-state index in [9.17, 15) is 4.79 Å². The van der Waals surface area contributed by atoms with Crippen LogP contribution >= 0.6 is 0 Å². The van der Waals surface area contributed by atoms with Crippen LogP contribution in [0.4, 0.5) is 0 Å². The quantitative estimate of drug-likeness (QED) is 0.823. The van der Waals surface area contributed by atoms with E-state index in [1.807, 2.05) is 19.1 Å². The van der Waals surface area contributed by atoms with Gasteiger partial charge in [0.2, 0.25) is 0 Å². The van der Waals surface area contributed by atoms with E-state index in [2.05, 4.69) is 16.7 Å². The molecule has 1 aliphatic rings. The summed E-state index contributed by atoms with van der Waals surface area (Å²) in [4.78, 5) is 21.9. The number of piperazine rings is 1. The Labute approximate surface area is 142 Å². The van der Waals surface area contributed by atoms with Crippen LogP contribution in [0, 0.1) is 6.92 Å². The van der Waals surface area contributed by atoms with Gasteiger partial charge in [-0.2, -0.15) is 0 Å². The highest BCUT2D eigenvalue weighted by molar-refractivity contribution is 5.46. The Balaban J connectivity index is 1.72. The Morgan fingerprint density at radius 1 is 1.38 bits per heavy atom. The molecule has 6 nitrogen and oxygen atoms in total. The molecule has 24 heavy (non-hydrogen) atoms. The fourth-order valence-corrected chi connectivity index (χ4v) is 3.37. The molecule has 130 valence electrons. The molecule has 0 saturated carbocycles. The summed E-state index contributed by atoms with van der Waals surface area (Å²) >= 11 is 0. The number of ether oxygens (including phenoxy) is 1. The first kappa shape index (κ1) is 17.1. The van der Waals surface area contributed by atoms with Gasteiger partial charge in [-0.25, -0.2) is 4.98 Å². The number of aromatic nitrogens is 2. The maximum Gasteiger partial charge on any atom is 0.258 e. The SMILES string of the molecule is COCCN1CCN(Cc2cc(=O)n3cccc(C)c3n2)C[C@@H]1C. The molecule has 1 fully saturated rings. The van der Waals surface area contributed by atoms with Gasteiger partial charge in [-0.15, -0.1) is 0 Å². The number of methoxy groups -OCH3 is 1. The second-order valence-corrected chi connectivity index (χ2v) is 6.58. The van der Waals surface area contributed by atoms with Crippen molar-refractivity contribution in [1.29, 1.82) is 0 Å². The Kier molecular flexibility index (Phi) is 5.28. The van der Waals surface area contributed by atoms with E-state index in [0.29, 0.717) is 6.04 Å². The zero-order valence-electron chi connectivity index (χ0n) is 14.7. The third kappa shape index (κ3) is 3.66. The van der Waals surface area contributed by atoms with Gasteiger partial charge in [-0.05, 0) is 25.5 Å². The van der Waals surface area contributed by atoms with Crippen LogP contribution in [0.3, 0.4) is 0 Å². The number of aryl methyl sites for hydroxylation is 1. The number of hydrogen-bond donors (Lipinski definition) is 0. The Morgan fingerprint density at radius 3 is 2.96 bits per heavy atom. The number of pyridine rings is 1. The first-order valence-electron chi connectivity index (χ1n) is 8.51. The van der Waals surface area contributed by atoms with Gasteiger partial charge in [0.25, 0.3) is 5.56 Å². The Bertz CT molecular complexity index is 758. The fourth-order valence-electron chi connectivity index (χ4n) is 3.37. The summed E-state index contributed by atoms with van der Waals surface area (Å²) in [5, 5.41) is 0. The van der Waals surface area contributed by atoms with E-state index in [1.165, 1.54) is 0 Å².